The summed E-state index contributed by atoms with van der Waals surface area (Å²) < 4.78 is 5.18. The number of nitrogens with zero attached hydrogens (tertiary/aromatic N) is 1. The molecule has 0 saturated carbocycles. The smallest absolute Gasteiger partial charge is 0.308 e. The first-order valence-corrected chi connectivity index (χ1v) is 14.0. The van der Waals surface area contributed by atoms with E-state index in [1.54, 1.807) is 72.8 Å². The van der Waals surface area contributed by atoms with E-state index in [0.29, 0.717) is 33.0 Å². The molecule has 2 heterocycles. The van der Waals surface area contributed by atoms with Gasteiger partial charge >= 0.3 is 5.97 Å². The van der Waals surface area contributed by atoms with Gasteiger partial charge in [0, 0.05) is 40.2 Å². The third-order valence-corrected chi connectivity index (χ3v) is 8.86. The molecule has 7 rings (SSSR count). The Kier molecular flexibility index (Phi) is 5.99. The van der Waals surface area contributed by atoms with Crippen LogP contribution in [-0.2, 0) is 4.79 Å². The van der Waals surface area contributed by atoms with Gasteiger partial charge in [0.05, 0.1) is 6.04 Å². The minimum Gasteiger partial charge on any atom is -0.427 e. The number of rotatable bonds is 4. The maximum Gasteiger partial charge on any atom is 0.308 e. The molecule has 0 bridgehead atoms. The van der Waals surface area contributed by atoms with Crippen LogP contribution in [0.1, 0.15) is 55.0 Å². The van der Waals surface area contributed by atoms with Crippen LogP contribution in [0, 0.1) is 5.41 Å². The third kappa shape index (κ3) is 3.65. The first-order chi connectivity index (χ1) is 20.3. The molecule has 4 aromatic carbocycles. The van der Waals surface area contributed by atoms with Crippen LogP contribution in [0.5, 0.6) is 5.75 Å². The first-order valence-electron chi connectivity index (χ1n) is 13.6. The first kappa shape index (κ1) is 26.1. The molecule has 206 valence electrons. The number of Topliss-reactive ketones (excluding diaryl/α,β-unsaturated/α-hetero) is 3. The molecule has 0 amide bonds. The molecule has 0 unspecified atom stereocenters. The van der Waals surface area contributed by atoms with Crippen molar-refractivity contribution in [3.63, 3.8) is 0 Å². The van der Waals surface area contributed by atoms with Crippen LogP contribution in [0.15, 0.2) is 103 Å². The normalized spacial score (nSPS) is 21.2. The lowest BCUT2D eigenvalue weighted by Gasteiger charge is -2.37. The van der Waals surface area contributed by atoms with Crippen molar-refractivity contribution in [1.82, 2.24) is 0 Å². The second kappa shape index (κ2) is 9.64. The molecule has 6 nitrogen and oxygen atoms in total. The summed E-state index contributed by atoms with van der Waals surface area (Å²) in [4.78, 5) is 57.4. The lowest BCUT2D eigenvalue weighted by molar-refractivity contribution is -0.131. The zero-order valence-electron chi connectivity index (χ0n) is 22.5. The van der Waals surface area contributed by atoms with E-state index in [4.69, 9.17) is 16.3 Å². The summed E-state index contributed by atoms with van der Waals surface area (Å²) in [6.07, 6.45) is 3.82. The summed E-state index contributed by atoms with van der Waals surface area (Å²) in [5.74, 6) is -1.81. The van der Waals surface area contributed by atoms with Crippen LogP contribution in [-0.4, -0.2) is 35.4 Å². The monoisotopic (exact) mass is 573 g/mol. The number of carbonyl (C=O) groups excluding carboxylic acids is 4. The fraction of sp³-hybridized carbons (Fsp3) is 0.143. The van der Waals surface area contributed by atoms with E-state index < -0.39 is 29.4 Å². The molecule has 0 N–H and O–H groups in total. The van der Waals surface area contributed by atoms with Crippen molar-refractivity contribution in [2.75, 3.05) is 4.90 Å². The standard InChI is InChI=1S/C35H24ClNO5/c1-20(38)42-25-17-12-23(13-18-25)32(39)31-30(22-10-15-24(36)16-11-22)35(33(40)26-7-3-4-8-27(26)34(35)41)29-19-14-21-6-2-5-9-28(21)37(29)31/h2-19,29-31H,1H3/t29-,30-,31+/m1/s1. The fourth-order valence-corrected chi connectivity index (χ4v) is 7.11. The number of fused-ring (bicyclic) bond motifs is 5. The van der Waals surface area contributed by atoms with Crippen LogP contribution in [0.2, 0.25) is 5.02 Å². The predicted octanol–water partition coefficient (Wildman–Crippen LogP) is 6.58. The molecule has 7 heteroatoms. The van der Waals surface area contributed by atoms with Gasteiger partial charge in [0.1, 0.15) is 17.2 Å². The Hall–Kier alpha value is -4.81. The molecular formula is C35H24ClNO5. The van der Waals surface area contributed by atoms with Crippen molar-refractivity contribution in [2.24, 2.45) is 5.41 Å². The van der Waals surface area contributed by atoms with Gasteiger partial charge in [-0.05, 0) is 53.6 Å². The molecule has 1 aliphatic carbocycles. The van der Waals surface area contributed by atoms with Crippen LogP contribution in [0.25, 0.3) is 6.08 Å². The number of esters is 1. The Morgan fingerprint density at radius 3 is 2.07 bits per heavy atom. The topological polar surface area (TPSA) is 80.8 Å². The highest BCUT2D eigenvalue weighted by atomic mass is 35.5. The number of hydrogen-bond donors (Lipinski definition) is 0. The minimum absolute atomic E-state index is 0.257. The summed E-state index contributed by atoms with van der Waals surface area (Å²) >= 11 is 6.28. The SMILES string of the molecule is CC(=O)Oc1ccc(C(=O)[C@@H]2[C@@H](c3ccc(Cl)cc3)C3(C(=O)c4ccccc4C3=O)[C@H]3C=Cc4ccccc4N23)cc1. The van der Waals surface area contributed by atoms with Crippen molar-refractivity contribution in [3.8, 4) is 5.75 Å². The fourth-order valence-electron chi connectivity index (χ4n) is 6.98. The Morgan fingerprint density at radius 2 is 1.43 bits per heavy atom. The van der Waals surface area contributed by atoms with Gasteiger partial charge in [-0.3, -0.25) is 19.2 Å². The lowest BCUT2D eigenvalue weighted by atomic mass is 9.64. The van der Waals surface area contributed by atoms with Gasteiger partial charge in [-0.15, -0.1) is 0 Å². The number of anilines is 1. The van der Waals surface area contributed by atoms with Crippen LogP contribution in [0.4, 0.5) is 5.69 Å². The van der Waals surface area contributed by atoms with Crippen molar-refractivity contribution in [1.29, 1.82) is 0 Å². The van der Waals surface area contributed by atoms with Crippen LogP contribution < -0.4 is 9.64 Å². The van der Waals surface area contributed by atoms with Gasteiger partial charge in [-0.1, -0.05) is 78.4 Å². The molecule has 3 aliphatic rings. The van der Waals surface area contributed by atoms with E-state index in [0.717, 1.165) is 11.3 Å². The highest BCUT2D eigenvalue weighted by molar-refractivity contribution is 6.32. The Balaban J connectivity index is 1.48. The summed E-state index contributed by atoms with van der Waals surface area (Å²) in [7, 11) is 0. The van der Waals surface area contributed by atoms with E-state index in [1.165, 1.54) is 6.92 Å². The lowest BCUT2D eigenvalue weighted by Crippen LogP contribution is -2.48. The summed E-state index contributed by atoms with van der Waals surface area (Å²) in [5.41, 5.74) is 1.85. The summed E-state index contributed by atoms with van der Waals surface area (Å²) in [5, 5.41) is 0.505. The third-order valence-electron chi connectivity index (χ3n) is 8.61. The number of carbonyl (C=O) groups is 4. The predicted molar refractivity (Wildman–Crippen MR) is 159 cm³/mol. The molecule has 1 spiro atoms. The molecule has 0 aromatic heterocycles. The van der Waals surface area contributed by atoms with E-state index >= 15 is 0 Å². The van der Waals surface area contributed by atoms with E-state index in [2.05, 4.69) is 0 Å². The Bertz CT molecular complexity index is 1790. The number of ether oxygens (including phenoxy) is 1. The molecule has 1 fully saturated rings. The summed E-state index contributed by atoms with van der Waals surface area (Å²) in [6, 6.07) is 26.3. The summed E-state index contributed by atoms with van der Waals surface area (Å²) in [6.45, 7) is 1.31. The Labute approximate surface area is 247 Å². The highest BCUT2D eigenvalue weighted by Gasteiger charge is 2.71. The quantitative estimate of drug-likeness (QED) is 0.119. The van der Waals surface area contributed by atoms with Gasteiger partial charge < -0.3 is 9.64 Å². The van der Waals surface area contributed by atoms with Gasteiger partial charge in [-0.2, -0.15) is 0 Å². The zero-order valence-corrected chi connectivity index (χ0v) is 23.2. The molecule has 0 radical (unpaired) electrons. The van der Waals surface area contributed by atoms with Crippen molar-refractivity contribution in [3.05, 3.63) is 136 Å². The van der Waals surface area contributed by atoms with E-state index in [1.807, 2.05) is 41.3 Å². The molecule has 4 aromatic rings. The number of para-hydroxylation sites is 1. The molecule has 42 heavy (non-hydrogen) atoms. The second-order valence-electron chi connectivity index (χ2n) is 10.8. The van der Waals surface area contributed by atoms with Crippen LogP contribution in [0.3, 0.4) is 0 Å². The van der Waals surface area contributed by atoms with Crippen molar-refractivity contribution >= 4 is 46.7 Å². The van der Waals surface area contributed by atoms with Gasteiger partial charge in [0.2, 0.25) is 0 Å². The number of halogens is 1. The van der Waals surface area contributed by atoms with Gasteiger partial charge in [-0.25, -0.2) is 0 Å². The second-order valence-corrected chi connectivity index (χ2v) is 11.2. The maximum atomic E-state index is 14.7. The molecule has 3 atom stereocenters. The average Bonchev–Trinajstić information content (AvgIpc) is 3.43. The largest absolute Gasteiger partial charge is 0.427 e. The number of benzene rings is 4. The molecular weight excluding hydrogens is 550 g/mol. The average molecular weight is 574 g/mol. The Morgan fingerprint density at radius 1 is 0.810 bits per heavy atom. The maximum absolute atomic E-state index is 14.7. The number of ketones is 3. The highest BCUT2D eigenvalue weighted by Crippen LogP contribution is 2.61. The van der Waals surface area contributed by atoms with E-state index in [-0.39, 0.29) is 17.3 Å². The number of hydrogen-bond acceptors (Lipinski definition) is 6. The van der Waals surface area contributed by atoms with Crippen molar-refractivity contribution < 1.29 is 23.9 Å². The minimum atomic E-state index is -1.58. The van der Waals surface area contributed by atoms with Crippen molar-refractivity contribution in [2.45, 2.75) is 24.9 Å². The van der Waals surface area contributed by atoms with E-state index in [9.17, 15) is 19.2 Å². The van der Waals surface area contributed by atoms with Gasteiger partial charge in [0.15, 0.2) is 17.3 Å². The van der Waals surface area contributed by atoms with Gasteiger partial charge in [0.25, 0.3) is 0 Å². The molecule has 2 aliphatic heterocycles. The zero-order chi connectivity index (χ0) is 29.2. The van der Waals surface area contributed by atoms with Crippen LogP contribution >= 0.6 is 11.6 Å². The molecule has 1 saturated heterocycles.